The van der Waals surface area contributed by atoms with Crippen LogP contribution in [0.4, 0.5) is 17.3 Å². The van der Waals surface area contributed by atoms with Crippen LogP contribution in [0, 0.1) is 11.8 Å². The second kappa shape index (κ2) is 7.67. The first-order valence-corrected chi connectivity index (χ1v) is 11.5. The summed E-state index contributed by atoms with van der Waals surface area (Å²) in [7, 11) is 2.16. The molecule has 1 saturated heterocycles. The van der Waals surface area contributed by atoms with Gasteiger partial charge in [0.25, 0.3) is 0 Å². The van der Waals surface area contributed by atoms with Crippen molar-refractivity contribution in [2.45, 2.75) is 19.3 Å². The van der Waals surface area contributed by atoms with E-state index < -0.39 is 0 Å². The van der Waals surface area contributed by atoms with Gasteiger partial charge in [0.2, 0.25) is 0 Å². The Morgan fingerprint density at radius 3 is 2.58 bits per heavy atom. The number of hydrogen-bond acceptors (Lipinski definition) is 7. The third kappa shape index (κ3) is 3.48. The number of nitrogens with one attached hydrogen (secondary N) is 2. The number of aromatic nitrogens is 4. The molecule has 2 N–H and O–H groups in total. The Labute approximate surface area is 182 Å². The molecule has 1 unspecified atom stereocenters. The normalized spacial score (nSPS) is 22.4. The summed E-state index contributed by atoms with van der Waals surface area (Å²) in [5.74, 6) is 3.52. The molecule has 1 saturated carbocycles. The lowest BCUT2D eigenvalue weighted by atomic mass is 9.76. The van der Waals surface area contributed by atoms with E-state index in [2.05, 4.69) is 50.7 Å². The third-order valence-corrected chi connectivity index (χ3v) is 7.24. The Bertz CT molecular complexity index is 1080. The zero-order valence-electron chi connectivity index (χ0n) is 18.1. The summed E-state index contributed by atoms with van der Waals surface area (Å²) in [5.41, 5.74) is 3.87. The van der Waals surface area contributed by atoms with E-state index in [0.717, 1.165) is 79.4 Å². The highest BCUT2D eigenvalue weighted by Crippen LogP contribution is 2.36. The second-order valence-corrected chi connectivity index (χ2v) is 9.23. The van der Waals surface area contributed by atoms with Gasteiger partial charge < -0.3 is 20.4 Å². The van der Waals surface area contributed by atoms with Crippen LogP contribution in [0.15, 0.2) is 30.6 Å². The highest BCUT2D eigenvalue weighted by Gasteiger charge is 2.29. The van der Waals surface area contributed by atoms with Crippen molar-refractivity contribution in [2.75, 3.05) is 61.8 Å². The molecule has 0 aromatic carbocycles. The first-order chi connectivity index (χ1) is 15.2. The van der Waals surface area contributed by atoms with Crippen LogP contribution in [0.5, 0.6) is 0 Å². The van der Waals surface area contributed by atoms with Crippen LogP contribution in [0.3, 0.4) is 0 Å². The molecule has 3 aromatic rings. The van der Waals surface area contributed by atoms with Gasteiger partial charge >= 0.3 is 0 Å². The molecule has 31 heavy (non-hydrogen) atoms. The molecule has 3 aromatic heterocycles. The zero-order chi connectivity index (χ0) is 20.8. The van der Waals surface area contributed by atoms with Gasteiger partial charge in [0.05, 0.1) is 23.6 Å². The monoisotopic (exact) mass is 418 g/mol. The van der Waals surface area contributed by atoms with Crippen LogP contribution >= 0.6 is 0 Å². The Morgan fingerprint density at radius 2 is 1.77 bits per heavy atom. The van der Waals surface area contributed by atoms with E-state index in [1.54, 1.807) is 0 Å². The van der Waals surface area contributed by atoms with Crippen molar-refractivity contribution in [3.63, 3.8) is 0 Å². The number of nitrogens with zero attached hydrogens (tertiary/aromatic N) is 6. The van der Waals surface area contributed by atoms with Crippen molar-refractivity contribution in [1.82, 2.24) is 24.5 Å². The Hall–Kier alpha value is -2.87. The number of rotatable bonds is 3. The van der Waals surface area contributed by atoms with E-state index in [4.69, 9.17) is 10.1 Å². The fourth-order valence-electron chi connectivity index (χ4n) is 4.95. The number of pyridine rings is 1. The van der Waals surface area contributed by atoms with Crippen LogP contribution in [0.1, 0.15) is 19.3 Å². The maximum absolute atomic E-state index is 4.93. The highest BCUT2D eigenvalue weighted by molar-refractivity contribution is 5.74. The predicted octanol–water partition coefficient (Wildman–Crippen LogP) is 2.80. The van der Waals surface area contributed by atoms with E-state index in [-0.39, 0.29) is 0 Å². The molecule has 1 atom stereocenters. The summed E-state index contributed by atoms with van der Waals surface area (Å²) < 4.78 is 2.02. The Kier molecular flexibility index (Phi) is 4.67. The lowest BCUT2D eigenvalue weighted by molar-refractivity contribution is 0.224. The molecule has 3 aliphatic rings. The van der Waals surface area contributed by atoms with E-state index in [0.29, 0.717) is 5.92 Å². The van der Waals surface area contributed by atoms with E-state index in [1.807, 2.05) is 16.9 Å². The molecule has 2 aliphatic heterocycles. The quantitative estimate of drug-likeness (QED) is 0.678. The summed E-state index contributed by atoms with van der Waals surface area (Å²) >= 11 is 0. The summed E-state index contributed by atoms with van der Waals surface area (Å²) in [6.45, 7) is 6.08. The van der Waals surface area contributed by atoms with Gasteiger partial charge in [-0.2, -0.15) is 5.10 Å². The Morgan fingerprint density at radius 1 is 0.935 bits per heavy atom. The van der Waals surface area contributed by atoms with Gasteiger partial charge in [0, 0.05) is 39.3 Å². The lowest BCUT2D eigenvalue weighted by Crippen LogP contribution is -2.44. The summed E-state index contributed by atoms with van der Waals surface area (Å²) in [6, 6.07) is 6.40. The number of hydrogen-bond donors (Lipinski definition) is 2. The molecular formula is C23H30N8. The summed E-state index contributed by atoms with van der Waals surface area (Å²) in [5, 5.41) is 12.3. The number of fused-ring (bicyclic) bond motifs is 3. The van der Waals surface area contributed by atoms with Crippen molar-refractivity contribution < 1.29 is 0 Å². The molecule has 6 rings (SSSR count). The molecule has 0 bridgehead atoms. The van der Waals surface area contributed by atoms with Gasteiger partial charge in [-0.3, -0.25) is 4.98 Å². The van der Waals surface area contributed by atoms with Crippen LogP contribution in [-0.2, 0) is 0 Å². The number of likely N-dealkylation sites (N-methyl/N-ethyl adjacent to an activating group) is 1. The average molecular weight is 419 g/mol. The zero-order valence-corrected chi connectivity index (χ0v) is 18.1. The Balaban J connectivity index is 1.29. The summed E-state index contributed by atoms with van der Waals surface area (Å²) in [4.78, 5) is 14.0. The van der Waals surface area contributed by atoms with Crippen molar-refractivity contribution >= 4 is 22.8 Å². The molecule has 162 valence electrons. The minimum atomic E-state index is 0.678. The van der Waals surface area contributed by atoms with Crippen LogP contribution in [0.2, 0.25) is 0 Å². The van der Waals surface area contributed by atoms with Crippen molar-refractivity contribution in [1.29, 1.82) is 0 Å². The van der Waals surface area contributed by atoms with Gasteiger partial charge in [-0.25, -0.2) is 9.50 Å². The molecule has 0 amide bonds. The molecule has 1 aliphatic carbocycles. The smallest absolute Gasteiger partial charge is 0.151 e. The second-order valence-electron chi connectivity index (χ2n) is 9.23. The first-order valence-electron chi connectivity index (χ1n) is 11.5. The molecule has 0 spiro atoms. The number of piperazine rings is 1. The van der Waals surface area contributed by atoms with Gasteiger partial charge in [-0.1, -0.05) is 19.3 Å². The molecule has 5 heterocycles. The van der Waals surface area contributed by atoms with Crippen molar-refractivity contribution in [3.8, 4) is 11.4 Å². The van der Waals surface area contributed by atoms with Gasteiger partial charge in [0.1, 0.15) is 17.2 Å². The van der Waals surface area contributed by atoms with E-state index in [1.165, 1.54) is 19.3 Å². The number of anilines is 3. The van der Waals surface area contributed by atoms with Gasteiger partial charge in [0.15, 0.2) is 5.82 Å². The minimum Gasteiger partial charge on any atom is -0.382 e. The van der Waals surface area contributed by atoms with Crippen LogP contribution in [-0.4, -0.2) is 70.8 Å². The van der Waals surface area contributed by atoms with Gasteiger partial charge in [-0.15, -0.1) is 0 Å². The van der Waals surface area contributed by atoms with Crippen LogP contribution < -0.4 is 15.5 Å². The van der Waals surface area contributed by atoms with Crippen molar-refractivity contribution in [3.05, 3.63) is 30.6 Å². The topological polar surface area (TPSA) is 73.6 Å². The largest absolute Gasteiger partial charge is 0.382 e. The summed E-state index contributed by atoms with van der Waals surface area (Å²) in [6.07, 6.45) is 7.80. The maximum atomic E-state index is 4.93. The van der Waals surface area contributed by atoms with Crippen molar-refractivity contribution in [2.24, 2.45) is 11.8 Å². The molecule has 8 heteroatoms. The predicted molar refractivity (Wildman–Crippen MR) is 124 cm³/mol. The fourth-order valence-corrected chi connectivity index (χ4v) is 4.95. The third-order valence-electron chi connectivity index (χ3n) is 7.24. The molecule has 2 fully saturated rings. The molecule has 8 nitrogen and oxygen atoms in total. The highest BCUT2D eigenvalue weighted by atomic mass is 15.3. The van der Waals surface area contributed by atoms with Crippen LogP contribution in [0.25, 0.3) is 16.9 Å². The lowest BCUT2D eigenvalue weighted by Gasteiger charge is -2.33. The fraction of sp³-hybridized carbons (Fsp3) is 0.522. The molecule has 0 radical (unpaired) electrons. The standard InChI is InChI=1S/C23H30N8/c1-29-7-9-30(10-8-29)22-15-24-14-21(27-22)20-11-18-5-6-19-23(31(18)28-20)26-13-17(12-25-19)16-3-2-4-16/h5-6,11,14-17,25-26H,2-4,7-10,12-13H2,1H3. The van der Waals surface area contributed by atoms with E-state index >= 15 is 0 Å². The van der Waals surface area contributed by atoms with E-state index in [9.17, 15) is 0 Å². The molecular weight excluding hydrogens is 388 g/mol. The minimum absolute atomic E-state index is 0.678. The van der Waals surface area contributed by atoms with Gasteiger partial charge in [-0.05, 0) is 37.1 Å². The first kappa shape index (κ1) is 18.9. The average Bonchev–Trinajstić information content (AvgIpc) is 3.09. The SMILES string of the molecule is CN1CCN(c2cncc(-c3cc4ccc5c(n4n3)NCC(C3CCC3)CN5)n2)CC1. The maximum Gasteiger partial charge on any atom is 0.151 e.